The summed E-state index contributed by atoms with van der Waals surface area (Å²) in [4.78, 5) is 12.5. The molecule has 1 unspecified atom stereocenters. The van der Waals surface area contributed by atoms with Gasteiger partial charge in [-0.1, -0.05) is 20.8 Å². The van der Waals surface area contributed by atoms with Gasteiger partial charge in [0.25, 0.3) is 0 Å². The van der Waals surface area contributed by atoms with Crippen molar-refractivity contribution in [3.8, 4) is 5.75 Å². The summed E-state index contributed by atoms with van der Waals surface area (Å²) in [6.45, 7) is 7.99. The number of carbonyl (C=O) groups is 1. The Morgan fingerprint density at radius 3 is 2.47 bits per heavy atom. The molecule has 0 bridgehead atoms. The lowest BCUT2D eigenvalue weighted by molar-refractivity contribution is -0.000408. The van der Waals surface area contributed by atoms with E-state index < -0.39 is 11.9 Å². The van der Waals surface area contributed by atoms with Gasteiger partial charge in [-0.25, -0.2) is 4.39 Å². The lowest BCUT2D eigenvalue weighted by atomic mass is 9.84. The van der Waals surface area contributed by atoms with Crippen LogP contribution in [0.1, 0.15) is 38.1 Å². The Bertz CT molecular complexity index is 449. The number of hydrogen-bond acceptors (Lipinski definition) is 3. The fraction of sp³-hybridized carbons (Fsp3) is 0.533. The van der Waals surface area contributed by atoms with E-state index in [-0.39, 0.29) is 16.8 Å². The van der Waals surface area contributed by atoms with E-state index in [0.29, 0.717) is 12.4 Å². The Hall–Kier alpha value is -1.42. The van der Waals surface area contributed by atoms with Crippen LogP contribution >= 0.6 is 0 Å². The molecular formula is C15H21FO3. The highest BCUT2D eigenvalue weighted by molar-refractivity contribution is 6.02. The molecule has 0 spiro atoms. The Morgan fingerprint density at radius 2 is 2.00 bits per heavy atom. The molecule has 0 N–H and O–H groups in total. The Morgan fingerprint density at radius 1 is 1.37 bits per heavy atom. The van der Waals surface area contributed by atoms with E-state index in [1.807, 2.05) is 27.7 Å². The average molecular weight is 268 g/mol. The molecular weight excluding hydrogens is 247 g/mol. The summed E-state index contributed by atoms with van der Waals surface area (Å²) in [5.74, 6) is -0.362. The molecule has 0 saturated heterocycles. The molecule has 0 fully saturated rings. The molecule has 0 aliphatic carbocycles. The number of halogens is 1. The van der Waals surface area contributed by atoms with Crippen molar-refractivity contribution in [2.24, 2.45) is 5.41 Å². The van der Waals surface area contributed by atoms with Gasteiger partial charge in [0.1, 0.15) is 17.7 Å². The number of ketones is 1. The van der Waals surface area contributed by atoms with E-state index in [1.165, 1.54) is 25.3 Å². The molecule has 0 aromatic heterocycles. The highest BCUT2D eigenvalue weighted by Crippen LogP contribution is 2.29. The maximum Gasteiger partial charge on any atom is 0.195 e. The van der Waals surface area contributed by atoms with Crippen LogP contribution in [0.5, 0.6) is 5.75 Å². The fourth-order valence-corrected chi connectivity index (χ4v) is 1.90. The predicted octanol–water partition coefficient (Wildman–Crippen LogP) is 3.47. The van der Waals surface area contributed by atoms with Gasteiger partial charge in [-0.15, -0.1) is 0 Å². The normalized spacial score (nSPS) is 13.2. The summed E-state index contributed by atoms with van der Waals surface area (Å²) < 4.78 is 24.0. The van der Waals surface area contributed by atoms with Gasteiger partial charge >= 0.3 is 0 Å². The molecule has 4 heteroatoms. The highest BCUT2D eigenvalue weighted by atomic mass is 19.1. The zero-order valence-electron chi connectivity index (χ0n) is 12.1. The van der Waals surface area contributed by atoms with E-state index in [4.69, 9.17) is 9.47 Å². The van der Waals surface area contributed by atoms with Gasteiger partial charge in [-0.3, -0.25) is 4.79 Å². The number of methoxy groups -OCH3 is 1. The first kappa shape index (κ1) is 15.6. The van der Waals surface area contributed by atoms with Gasteiger partial charge in [0.15, 0.2) is 5.78 Å². The van der Waals surface area contributed by atoms with Crippen LogP contribution in [-0.4, -0.2) is 25.6 Å². The van der Waals surface area contributed by atoms with Crippen LogP contribution in [0.3, 0.4) is 0 Å². The smallest absolute Gasteiger partial charge is 0.195 e. The molecule has 1 aromatic rings. The Labute approximate surface area is 113 Å². The molecule has 0 saturated carbocycles. The maximum absolute atomic E-state index is 13.3. The maximum atomic E-state index is 13.3. The van der Waals surface area contributed by atoms with Crippen LogP contribution in [0.15, 0.2) is 18.2 Å². The third-order valence-electron chi connectivity index (χ3n) is 2.79. The number of benzene rings is 1. The summed E-state index contributed by atoms with van der Waals surface area (Å²) >= 11 is 0. The molecule has 3 nitrogen and oxygen atoms in total. The Balaban J connectivity index is 3.19. The first-order chi connectivity index (χ1) is 8.81. The standard InChI is InChI=1S/C15H21FO3/c1-6-19-14(15(2,3)4)13(17)11-9-10(16)7-8-12(11)18-5/h7-9,14H,6H2,1-5H3. The molecule has 0 radical (unpaired) electrons. The average Bonchev–Trinajstić information content (AvgIpc) is 2.33. The van der Waals surface area contributed by atoms with E-state index in [1.54, 1.807) is 0 Å². The summed E-state index contributed by atoms with van der Waals surface area (Å²) in [7, 11) is 1.46. The zero-order valence-corrected chi connectivity index (χ0v) is 12.1. The van der Waals surface area contributed by atoms with Crippen molar-refractivity contribution >= 4 is 5.78 Å². The van der Waals surface area contributed by atoms with Crippen LogP contribution in [0, 0.1) is 11.2 Å². The molecule has 1 aromatic carbocycles. The minimum Gasteiger partial charge on any atom is -0.496 e. The predicted molar refractivity (Wildman–Crippen MR) is 72.2 cm³/mol. The number of hydrogen-bond donors (Lipinski definition) is 0. The van der Waals surface area contributed by atoms with Crippen LogP contribution < -0.4 is 4.74 Å². The SMILES string of the molecule is CCOC(C(=O)c1cc(F)ccc1OC)C(C)(C)C. The number of carbonyl (C=O) groups excluding carboxylic acids is 1. The van der Waals surface area contributed by atoms with Crippen LogP contribution in [0.25, 0.3) is 0 Å². The quantitative estimate of drug-likeness (QED) is 0.767. The first-order valence-electron chi connectivity index (χ1n) is 6.30. The van der Waals surface area contributed by atoms with Crippen LogP contribution in [-0.2, 0) is 4.74 Å². The molecule has 0 aliphatic rings. The zero-order chi connectivity index (χ0) is 14.6. The minimum absolute atomic E-state index is 0.218. The van der Waals surface area contributed by atoms with Gasteiger partial charge in [-0.05, 0) is 30.5 Å². The van der Waals surface area contributed by atoms with E-state index in [2.05, 4.69) is 0 Å². The van der Waals surface area contributed by atoms with Crippen molar-refractivity contribution in [2.75, 3.05) is 13.7 Å². The third kappa shape index (κ3) is 3.77. The van der Waals surface area contributed by atoms with Crippen molar-refractivity contribution < 1.29 is 18.7 Å². The van der Waals surface area contributed by atoms with E-state index in [0.717, 1.165) is 0 Å². The lowest BCUT2D eigenvalue weighted by Crippen LogP contribution is -2.37. The van der Waals surface area contributed by atoms with Crippen molar-refractivity contribution in [1.82, 2.24) is 0 Å². The summed E-state index contributed by atoms with van der Waals surface area (Å²) in [6, 6.07) is 3.91. The van der Waals surface area contributed by atoms with Crippen LogP contribution in [0.4, 0.5) is 4.39 Å². The van der Waals surface area contributed by atoms with Crippen molar-refractivity contribution in [1.29, 1.82) is 0 Å². The molecule has 1 atom stereocenters. The molecule has 0 aliphatic heterocycles. The minimum atomic E-state index is -0.631. The summed E-state index contributed by atoms with van der Waals surface area (Å²) in [5.41, 5.74) is -0.152. The van der Waals surface area contributed by atoms with Crippen molar-refractivity contribution in [3.05, 3.63) is 29.6 Å². The van der Waals surface area contributed by atoms with Gasteiger partial charge in [0.05, 0.1) is 12.7 Å². The van der Waals surface area contributed by atoms with Gasteiger partial charge in [0, 0.05) is 6.61 Å². The second kappa shape index (κ2) is 6.15. The summed E-state index contributed by atoms with van der Waals surface area (Å²) in [5, 5.41) is 0. The van der Waals surface area contributed by atoms with Crippen molar-refractivity contribution in [3.63, 3.8) is 0 Å². The number of ether oxygens (including phenoxy) is 2. The fourth-order valence-electron chi connectivity index (χ4n) is 1.90. The van der Waals surface area contributed by atoms with E-state index in [9.17, 15) is 9.18 Å². The second-order valence-corrected chi connectivity index (χ2v) is 5.41. The molecule has 106 valence electrons. The first-order valence-corrected chi connectivity index (χ1v) is 6.30. The van der Waals surface area contributed by atoms with Crippen LogP contribution in [0.2, 0.25) is 0 Å². The summed E-state index contributed by atoms with van der Waals surface area (Å²) in [6.07, 6.45) is -0.631. The van der Waals surface area contributed by atoms with E-state index >= 15 is 0 Å². The van der Waals surface area contributed by atoms with Gasteiger partial charge < -0.3 is 9.47 Å². The topological polar surface area (TPSA) is 35.5 Å². The highest BCUT2D eigenvalue weighted by Gasteiger charge is 2.34. The number of rotatable bonds is 5. The molecule has 0 amide bonds. The molecule has 19 heavy (non-hydrogen) atoms. The third-order valence-corrected chi connectivity index (χ3v) is 2.79. The molecule has 1 rings (SSSR count). The number of Topliss-reactive ketones (excluding diaryl/α,β-unsaturated/α-hetero) is 1. The van der Waals surface area contributed by atoms with Gasteiger partial charge in [0.2, 0.25) is 0 Å². The lowest BCUT2D eigenvalue weighted by Gasteiger charge is -2.29. The Kier molecular flexibility index (Phi) is 5.06. The van der Waals surface area contributed by atoms with Gasteiger partial charge in [-0.2, -0.15) is 0 Å². The van der Waals surface area contributed by atoms with Crippen molar-refractivity contribution in [2.45, 2.75) is 33.8 Å². The monoisotopic (exact) mass is 268 g/mol. The second-order valence-electron chi connectivity index (χ2n) is 5.41. The molecule has 0 heterocycles. The largest absolute Gasteiger partial charge is 0.496 e.